The smallest absolute Gasteiger partial charge is 0.174 e. The molecule has 0 radical (unpaired) electrons. The van der Waals surface area contributed by atoms with E-state index in [1.165, 1.54) is 25.7 Å². The topological polar surface area (TPSA) is 32.9 Å². The summed E-state index contributed by atoms with van der Waals surface area (Å²) in [6.07, 6.45) is 5.50. The van der Waals surface area contributed by atoms with Gasteiger partial charge < -0.3 is 4.98 Å². The lowest BCUT2D eigenvalue weighted by atomic mass is 10.1. The van der Waals surface area contributed by atoms with E-state index in [1.54, 1.807) is 0 Å². The van der Waals surface area contributed by atoms with Crippen molar-refractivity contribution in [2.24, 2.45) is 5.92 Å². The van der Waals surface area contributed by atoms with Crippen LogP contribution in [0, 0.1) is 19.8 Å². The van der Waals surface area contributed by atoms with Crippen molar-refractivity contribution in [1.82, 2.24) is 4.98 Å². The highest BCUT2D eigenvalue weighted by molar-refractivity contribution is 7.99. The van der Waals surface area contributed by atoms with Gasteiger partial charge in [0.25, 0.3) is 0 Å². The maximum absolute atomic E-state index is 12.0. The number of aromatic amines is 1. The molecule has 1 heterocycles. The summed E-state index contributed by atoms with van der Waals surface area (Å²) in [6.45, 7) is 3.97. The molecule has 0 atom stereocenters. The number of nitrogens with one attached hydrogen (secondary N) is 1. The molecular weight excluding hydrogens is 230 g/mol. The van der Waals surface area contributed by atoms with Crippen molar-refractivity contribution >= 4 is 17.5 Å². The zero-order valence-electron chi connectivity index (χ0n) is 10.7. The van der Waals surface area contributed by atoms with Gasteiger partial charge in [0, 0.05) is 17.0 Å². The predicted octanol–water partition coefficient (Wildman–Crippen LogP) is 3.74. The Labute approximate surface area is 108 Å². The second-order valence-electron chi connectivity index (χ2n) is 5.08. The number of hydrogen-bond acceptors (Lipinski definition) is 2. The summed E-state index contributed by atoms with van der Waals surface area (Å²) in [5.74, 6) is 2.93. The fraction of sp³-hybridized carbons (Fsp3) is 0.643. The number of hydrogen-bond donors (Lipinski definition) is 1. The predicted molar refractivity (Wildman–Crippen MR) is 73.9 cm³/mol. The normalized spacial score (nSPS) is 16.6. The zero-order chi connectivity index (χ0) is 12.3. The third-order valence-electron chi connectivity index (χ3n) is 3.51. The average molecular weight is 251 g/mol. The summed E-state index contributed by atoms with van der Waals surface area (Å²) in [6, 6.07) is 1.97. The Morgan fingerprint density at radius 1 is 1.41 bits per heavy atom. The molecule has 17 heavy (non-hydrogen) atoms. The van der Waals surface area contributed by atoms with E-state index in [0.29, 0.717) is 5.75 Å². The molecule has 0 unspecified atom stereocenters. The molecule has 0 amide bonds. The maximum Gasteiger partial charge on any atom is 0.174 e. The molecule has 3 heteroatoms. The molecule has 1 saturated carbocycles. The van der Waals surface area contributed by atoms with Crippen molar-refractivity contribution in [2.75, 3.05) is 11.5 Å². The molecule has 1 aromatic heterocycles. The number of carbonyl (C=O) groups is 1. The van der Waals surface area contributed by atoms with Crippen molar-refractivity contribution in [3.05, 3.63) is 23.0 Å². The van der Waals surface area contributed by atoms with E-state index in [1.807, 2.05) is 31.7 Å². The van der Waals surface area contributed by atoms with E-state index in [0.717, 1.165) is 28.6 Å². The van der Waals surface area contributed by atoms with E-state index < -0.39 is 0 Å². The van der Waals surface area contributed by atoms with Gasteiger partial charge in [-0.2, -0.15) is 11.8 Å². The van der Waals surface area contributed by atoms with Gasteiger partial charge in [-0.15, -0.1) is 0 Å². The van der Waals surface area contributed by atoms with E-state index in [2.05, 4.69) is 4.98 Å². The second kappa shape index (κ2) is 5.76. The second-order valence-corrected chi connectivity index (χ2v) is 6.11. The molecule has 2 rings (SSSR count). The molecule has 1 aliphatic rings. The van der Waals surface area contributed by atoms with Crippen LogP contribution in [0.5, 0.6) is 0 Å². The number of aryl methyl sites for hydroxylation is 2. The maximum atomic E-state index is 12.0. The Balaban J connectivity index is 1.78. The van der Waals surface area contributed by atoms with Crippen LogP contribution < -0.4 is 0 Å². The highest BCUT2D eigenvalue weighted by Gasteiger charge is 2.16. The molecule has 1 aliphatic carbocycles. The van der Waals surface area contributed by atoms with Crippen LogP contribution in [0.1, 0.15) is 47.4 Å². The fourth-order valence-electron chi connectivity index (χ4n) is 2.59. The highest BCUT2D eigenvalue weighted by Crippen LogP contribution is 2.28. The quantitative estimate of drug-likeness (QED) is 0.809. The van der Waals surface area contributed by atoms with E-state index in [4.69, 9.17) is 0 Å². The van der Waals surface area contributed by atoms with Crippen molar-refractivity contribution in [2.45, 2.75) is 39.5 Å². The lowest BCUT2D eigenvalue weighted by Crippen LogP contribution is -2.06. The summed E-state index contributed by atoms with van der Waals surface area (Å²) in [7, 11) is 0. The van der Waals surface area contributed by atoms with Crippen LogP contribution >= 0.6 is 11.8 Å². The van der Waals surface area contributed by atoms with Gasteiger partial charge in [0.2, 0.25) is 0 Å². The Morgan fingerprint density at radius 3 is 2.71 bits per heavy atom. The zero-order valence-corrected chi connectivity index (χ0v) is 11.5. The van der Waals surface area contributed by atoms with Gasteiger partial charge >= 0.3 is 0 Å². The lowest BCUT2D eigenvalue weighted by molar-refractivity contribution is 0.102. The number of rotatable bonds is 5. The summed E-state index contributed by atoms with van der Waals surface area (Å²) in [5, 5.41) is 0. The van der Waals surface area contributed by atoms with Crippen LogP contribution in [-0.2, 0) is 0 Å². The first-order chi connectivity index (χ1) is 8.16. The van der Waals surface area contributed by atoms with Gasteiger partial charge in [0.05, 0.1) is 5.75 Å². The average Bonchev–Trinajstić information content (AvgIpc) is 2.88. The van der Waals surface area contributed by atoms with E-state index in [9.17, 15) is 4.79 Å². The molecule has 1 fully saturated rings. The lowest BCUT2D eigenvalue weighted by Gasteiger charge is -2.07. The van der Waals surface area contributed by atoms with Gasteiger partial charge in [0.1, 0.15) is 0 Å². The Bertz CT molecular complexity index is 391. The summed E-state index contributed by atoms with van der Waals surface area (Å²) >= 11 is 1.81. The molecule has 0 saturated heterocycles. The number of carbonyl (C=O) groups excluding carboxylic acids is 1. The minimum atomic E-state index is 0.273. The first-order valence-corrected chi connectivity index (χ1v) is 7.59. The minimum Gasteiger partial charge on any atom is -0.362 e. The summed E-state index contributed by atoms with van der Waals surface area (Å²) in [4.78, 5) is 15.2. The molecule has 1 N–H and O–H groups in total. The van der Waals surface area contributed by atoms with E-state index in [-0.39, 0.29) is 5.78 Å². The molecule has 1 aromatic rings. The summed E-state index contributed by atoms with van der Waals surface area (Å²) in [5.41, 5.74) is 2.96. The molecule has 0 aromatic carbocycles. The van der Waals surface area contributed by atoms with Crippen LogP contribution in [0.3, 0.4) is 0 Å². The Hall–Kier alpha value is -0.700. The minimum absolute atomic E-state index is 0.273. The van der Waals surface area contributed by atoms with Gasteiger partial charge in [0.15, 0.2) is 5.78 Å². The number of Topliss-reactive ketones (excluding diaryl/α,β-unsaturated/α-hetero) is 1. The van der Waals surface area contributed by atoms with Crippen LogP contribution in [0.4, 0.5) is 0 Å². The van der Waals surface area contributed by atoms with Crippen molar-refractivity contribution in [3.8, 4) is 0 Å². The first kappa shape index (κ1) is 12.7. The monoisotopic (exact) mass is 251 g/mol. The van der Waals surface area contributed by atoms with Crippen LogP contribution in [0.15, 0.2) is 6.07 Å². The van der Waals surface area contributed by atoms with Crippen molar-refractivity contribution in [3.63, 3.8) is 0 Å². The molecule has 94 valence electrons. The molecule has 0 aliphatic heterocycles. The number of aromatic nitrogens is 1. The van der Waals surface area contributed by atoms with Crippen LogP contribution in [0.25, 0.3) is 0 Å². The van der Waals surface area contributed by atoms with Gasteiger partial charge in [-0.05, 0) is 44.4 Å². The number of H-pyrrole nitrogens is 1. The fourth-order valence-corrected chi connectivity index (χ4v) is 3.71. The third-order valence-corrected chi connectivity index (χ3v) is 4.68. The van der Waals surface area contributed by atoms with Gasteiger partial charge in [-0.3, -0.25) is 4.79 Å². The van der Waals surface area contributed by atoms with Gasteiger partial charge in [-0.1, -0.05) is 12.8 Å². The van der Waals surface area contributed by atoms with E-state index >= 15 is 0 Å². The first-order valence-electron chi connectivity index (χ1n) is 6.44. The molecule has 0 bridgehead atoms. The number of thioether (sulfide) groups is 1. The molecule has 0 spiro atoms. The van der Waals surface area contributed by atoms with Crippen molar-refractivity contribution < 1.29 is 4.79 Å². The standard InChI is InChI=1S/C14H21NOS/c1-10-7-13(11(2)15-10)14(16)9-17-8-12-5-3-4-6-12/h7,12,15H,3-6,8-9H2,1-2H3. The summed E-state index contributed by atoms with van der Waals surface area (Å²) < 4.78 is 0. The third kappa shape index (κ3) is 3.38. The number of ketones is 1. The van der Waals surface area contributed by atoms with Crippen molar-refractivity contribution in [1.29, 1.82) is 0 Å². The SMILES string of the molecule is Cc1cc(C(=O)CSCC2CCCC2)c(C)[nH]1. The van der Waals surface area contributed by atoms with Crippen LogP contribution in [-0.4, -0.2) is 22.3 Å². The van der Waals surface area contributed by atoms with Crippen LogP contribution in [0.2, 0.25) is 0 Å². The Morgan fingerprint density at radius 2 is 2.12 bits per heavy atom. The highest BCUT2D eigenvalue weighted by atomic mass is 32.2. The molecular formula is C14H21NOS. The Kier molecular flexibility index (Phi) is 4.32. The van der Waals surface area contributed by atoms with Gasteiger partial charge in [-0.25, -0.2) is 0 Å². The largest absolute Gasteiger partial charge is 0.362 e. The molecule has 2 nitrogen and oxygen atoms in total.